The van der Waals surface area contributed by atoms with E-state index in [4.69, 9.17) is 4.74 Å². The van der Waals surface area contributed by atoms with Gasteiger partial charge in [0.1, 0.15) is 17.2 Å². The zero-order valence-electron chi connectivity index (χ0n) is 15.1. The molecule has 3 rings (SSSR count). The Bertz CT molecular complexity index is 1010. The molecule has 3 aromatic rings. The van der Waals surface area contributed by atoms with Crippen LogP contribution in [0.5, 0.6) is 11.5 Å². The van der Waals surface area contributed by atoms with Gasteiger partial charge in [-0.3, -0.25) is 14.6 Å². The van der Waals surface area contributed by atoms with Gasteiger partial charge in [0.25, 0.3) is 5.91 Å². The Labute approximate surface area is 171 Å². The molecule has 0 fully saturated rings. The Balaban J connectivity index is 1.66. The lowest BCUT2D eigenvalue weighted by Gasteiger charge is -2.07. The van der Waals surface area contributed by atoms with Crippen LogP contribution in [0.2, 0.25) is 0 Å². The van der Waals surface area contributed by atoms with E-state index in [-0.39, 0.29) is 17.4 Å². The van der Waals surface area contributed by atoms with Crippen LogP contribution < -0.4 is 10.1 Å². The molecule has 0 spiro atoms. The van der Waals surface area contributed by atoms with Gasteiger partial charge in [-0.25, -0.2) is 0 Å². The third kappa shape index (κ3) is 5.14. The summed E-state index contributed by atoms with van der Waals surface area (Å²) >= 11 is 3.35. The highest BCUT2D eigenvalue weighted by molar-refractivity contribution is 9.10. The number of aromatic nitrogens is 1. The van der Waals surface area contributed by atoms with Gasteiger partial charge >= 0.3 is 0 Å². The van der Waals surface area contributed by atoms with E-state index in [2.05, 4.69) is 26.2 Å². The third-order valence-corrected chi connectivity index (χ3v) is 4.39. The number of carbonyl (C=O) groups is 2. The fourth-order valence-electron chi connectivity index (χ4n) is 2.39. The molecule has 0 atom stereocenters. The second-order valence-corrected chi connectivity index (χ2v) is 6.75. The molecule has 1 aromatic heterocycles. The lowest BCUT2D eigenvalue weighted by atomic mass is 10.1. The maximum absolute atomic E-state index is 12.2. The van der Waals surface area contributed by atoms with Crippen molar-refractivity contribution in [1.29, 1.82) is 0 Å². The highest BCUT2D eigenvalue weighted by Crippen LogP contribution is 2.22. The standard InChI is InChI=1S/C22H17BrN2O3/c1-24-22(27)20-14-19(12-13-25-20)28-18-9-2-15(3-10-18)4-11-21(26)16-5-7-17(23)8-6-16/h2-14H,1H3,(H,24,27)/b11-4+. The number of ether oxygens (including phenoxy) is 1. The van der Waals surface area contributed by atoms with Gasteiger partial charge in [0, 0.05) is 29.3 Å². The van der Waals surface area contributed by atoms with Gasteiger partial charge in [-0.1, -0.05) is 34.1 Å². The highest BCUT2D eigenvalue weighted by Gasteiger charge is 2.07. The number of nitrogens with zero attached hydrogens (tertiary/aromatic N) is 1. The summed E-state index contributed by atoms with van der Waals surface area (Å²) in [5.74, 6) is 0.792. The number of carbonyl (C=O) groups excluding carboxylic acids is 2. The van der Waals surface area contributed by atoms with E-state index in [0.29, 0.717) is 17.1 Å². The molecule has 0 unspecified atom stereocenters. The van der Waals surface area contributed by atoms with Gasteiger partial charge in [-0.2, -0.15) is 0 Å². The molecule has 1 heterocycles. The van der Waals surface area contributed by atoms with E-state index < -0.39 is 0 Å². The Morgan fingerprint density at radius 3 is 2.39 bits per heavy atom. The van der Waals surface area contributed by atoms with Crippen molar-refractivity contribution in [3.05, 3.63) is 94.2 Å². The highest BCUT2D eigenvalue weighted by atomic mass is 79.9. The Hall–Kier alpha value is -3.25. The monoisotopic (exact) mass is 436 g/mol. The molecule has 140 valence electrons. The SMILES string of the molecule is CNC(=O)c1cc(Oc2ccc(/C=C/C(=O)c3ccc(Br)cc3)cc2)ccn1. The molecule has 1 N–H and O–H groups in total. The second-order valence-electron chi connectivity index (χ2n) is 5.83. The van der Waals surface area contributed by atoms with Crippen molar-refractivity contribution < 1.29 is 14.3 Å². The number of allylic oxidation sites excluding steroid dienone is 1. The van der Waals surface area contributed by atoms with Crippen LogP contribution in [0.1, 0.15) is 26.4 Å². The molecule has 0 aliphatic heterocycles. The van der Waals surface area contributed by atoms with Gasteiger partial charge in [-0.05, 0) is 54.1 Å². The lowest BCUT2D eigenvalue weighted by molar-refractivity contribution is 0.0957. The zero-order valence-corrected chi connectivity index (χ0v) is 16.6. The summed E-state index contributed by atoms with van der Waals surface area (Å²) in [7, 11) is 1.55. The van der Waals surface area contributed by atoms with Crippen molar-refractivity contribution in [2.75, 3.05) is 7.05 Å². The Morgan fingerprint density at radius 1 is 1.00 bits per heavy atom. The molecule has 0 radical (unpaired) electrons. The fraction of sp³-hybridized carbons (Fsp3) is 0.0455. The zero-order chi connectivity index (χ0) is 19.9. The van der Waals surface area contributed by atoms with Crippen molar-refractivity contribution in [2.24, 2.45) is 0 Å². The molecule has 28 heavy (non-hydrogen) atoms. The molecule has 0 aliphatic carbocycles. The number of amides is 1. The number of halogens is 1. The molecule has 6 heteroatoms. The van der Waals surface area contributed by atoms with E-state index in [1.54, 1.807) is 49.5 Å². The van der Waals surface area contributed by atoms with E-state index >= 15 is 0 Å². The van der Waals surface area contributed by atoms with Crippen molar-refractivity contribution in [3.63, 3.8) is 0 Å². The normalized spacial score (nSPS) is 10.6. The summed E-state index contributed by atoms with van der Waals surface area (Å²) in [4.78, 5) is 27.8. The Kier molecular flexibility index (Phi) is 6.34. The third-order valence-electron chi connectivity index (χ3n) is 3.86. The van der Waals surface area contributed by atoms with Crippen LogP contribution in [-0.2, 0) is 0 Å². The smallest absolute Gasteiger partial charge is 0.269 e. The molecular formula is C22H17BrN2O3. The lowest BCUT2D eigenvalue weighted by Crippen LogP contribution is -2.18. The molecule has 0 aliphatic rings. The van der Waals surface area contributed by atoms with Crippen LogP contribution in [-0.4, -0.2) is 23.7 Å². The number of hydrogen-bond donors (Lipinski definition) is 1. The molecular weight excluding hydrogens is 420 g/mol. The summed E-state index contributed by atoms with van der Waals surface area (Å²) in [5, 5.41) is 2.52. The summed E-state index contributed by atoms with van der Waals surface area (Å²) in [6.45, 7) is 0. The van der Waals surface area contributed by atoms with Crippen LogP contribution in [0, 0.1) is 0 Å². The van der Waals surface area contributed by atoms with Gasteiger partial charge in [-0.15, -0.1) is 0 Å². The molecule has 5 nitrogen and oxygen atoms in total. The van der Waals surface area contributed by atoms with Gasteiger partial charge < -0.3 is 10.1 Å². The van der Waals surface area contributed by atoms with Gasteiger partial charge in [0.15, 0.2) is 5.78 Å². The van der Waals surface area contributed by atoms with E-state index in [9.17, 15) is 9.59 Å². The number of benzene rings is 2. The maximum Gasteiger partial charge on any atom is 0.269 e. The van der Waals surface area contributed by atoms with Crippen molar-refractivity contribution >= 4 is 33.7 Å². The number of ketones is 1. The molecule has 2 aromatic carbocycles. The largest absolute Gasteiger partial charge is 0.457 e. The summed E-state index contributed by atoms with van der Waals surface area (Å²) in [6.07, 6.45) is 4.81. The first-order valence-electron chi connectivity index (χ1n) is 8.49. The topological polar surface area (TPSA) is 68.3 Å². The van der Waals surface area contributed by atoms with E-state index in [0.717, 1.165) is 10.0 Å². The quantitative estimate of drug-likeness (QED) is 0.441. The van der Waals surface area contributed by atoms with Gasteiger partial charge in [0.2, 0.25) is 0 Å². The molecule has 0 saturated heterocycles. The summed E-state index contributed by atoms with van der Waals surface area (Å²) in [6, 6.07) is 17.8. The van der Waals surface area contributed by atoms with Crippen LogP contribution in [0.15, 0.2) is 77.4 Å². The summed E-state index contributed by atoms with van der Waals surface area (Å²) in [5.41, 5.74) is 1.79. The average Bonchev–Trinajstić information content (AvgIpc) is 2.73. The van der Waals surface area contributed by atoms with Crippen LogP contribution in [0.4, 0.5) is 0 Å². The number of pyridine rings is 1. The molecule has 1 amide bonds. The van der Waals surface area contributed by atoms with Crippen LogP contribution in [0.25, 0.3) is 6.08 Å². The minimum Gasteiger partial charge on any atom is -0.457 e. The minimum absolute atomic E-state index is 0.0636. The molecule has 0 saturated carbocycles. The summed E-state index contributed by atoms with van der Waals surface area (Å²) < 4.78 is 6.69. The van der Waals surface area contributed by atoms with E-state index in [1.165, 1.54) is 12.3 Å². The fourth-order valence-corrected chi connectivity index (χ4v) is 2.66. The predicted octanol–water partition coefficient (Wildman–Crippen LogP) is 4.89. The van der Waals surface area contributed by atoms with Crippen molar-refractivity contribution in [3.8, 4) is 11.5 Å². The van der Waals surface area contributed by atoms with Gasteiger partial charge in [0.05, 0.1) is 0 Å². The first kappa shape index (κ1) is 19.5. The van der Waals surface area contributed by atoms with Crippen molar-refractivity contribution in [1.82, 2.24) is 10.3 Å². The number of rotatable bonds is 6. The van der Waals surface area contributed by atoms with E-state index in [1.807, 2.05) is 24.3 Å². The first-order valence-corrected chi connectivity index (χ1v) is 9.28. The molecule has 0 bridgehead atoms. The second kappa shape index (κ2) is 9.10. The maximum atomic E-state index is 12.2. The predicted molar refractivity (Wildman–Crippen MR) is 112 cm³/mol. The number of nitrogens with one attached hydrogen (secondary N) is 1. The average molecular weight is 437 g/mol. The number of hydrogen-bond acceptors (Lipinski definition) is 4. The minimum atomic E-state index is -0.277. The van der Waals surface area contributed by atoms with Crippen LogP contribution >= 0.6 is 15.9 Å². The first-order chi connectivity index (χ1) is 13.5. The van der Waals surface area contributed by atoms with Crippen molar-refractivity contribution in [2.45, 2.75) is 0 Å². The van der Waals surface area contributed by atoms with Crippen LogP contribution in [0.3, 0.4) is 0 Å². The Morgan fingerprint density at radius 2 is 1.71 bits per heavy atom.